The van der Waals surface area contributed by atoms with Gasteiger partial charge in [-0.25, -0.2) is 0 Å². The van der Waals surface area contributed by atoms with E-state index in [-0.39, 0.29) is 10.1 Å². The monoisotopic (exact) mass is 251 g/mol. The molecular formula is C14H21NOS. The van der Waals surface area contributed by atoms with Crippen molar-refractivity contribution < 1.29 is 5.11 Å². The summed E-state index contributed by atoms with van der Waals surface area (Å²) in [6.07, 6.45) is 0. The van der Waals surface area contributed by atoms with Crippen molar-refractivity contribution in [2.45, 2.75) is 37.8 Å². The molecule has 0 amide bonds. The molecule has 0 bridgehead atoms. The second kappa shape index (κ2) is 4.54. The van der Waals surface area contributed by atoms with E-state index >= 15 is 0 Å². The van der Waals surface area contributed by atoms with Crippen molar-refractivity contribution in [3.05, 3.63) is 29.3 Å². The third-order valence-electron chi connectivity index (χ3n) is 3.20. The van der Waals surface area contributed by atoms with E-state index in [0.717, 1.165) is 18.7 Å². The maximum atomic E-state index is 10.0. The van der Waals surface area contributed by atoms with Crippen LogP contribution in [0.5, 0.6) is 5.75 Å². The lowest BCUT2D eigenvalue weighted by molar-refractivity contribution is 0.276. The van der Waals surface area contributed by atoms with E-state index in [1.165, 1.54) is 5.56 Å². The largest absolute Gasteiger partial charge is 0.508 e. The molecule has 3 heteroatoms. The Morgan fingerprint density at radius 2 is 2.18 bits per heavy atom. The fourth-order valence-corrected chi connectivity index (χ4v) is 3.93. The van der Waals surface area contributed by atoms with Crippen molar-refractivity contribution in [1.82, 2.24) is 4.90 Å². The van der Waals surface area contributed by atoms with Gasteiger partial charge < -0.3 is 5.11 Å². The van der Waals surface area contributed by atoms with Gasteiger partial charge in [0, 0.05) is 16.9 Å². The third kappa shape index (κ3) is 2.61. The summed E-state index contributed by atoms with van der Waals surface area (Å²) in [7, 11) is 0. The van der Waals surface area contributed by atoms with Gasteiger partial charge in [0.2, 0.25) is 0 Å². The zero-order valence-electron chi connectivity index (χ0n) is 11.0. The molecule has 1 aliphatic heterocycles. The summed E-state index contributed by atoms with van der Waals surface area (Å²) in [6, 6.07) is 5.88. The number of phenolic OH excluding ortho intramolecular Hbond substituents is 1. The van der Waals surface area contributed by atoms with Gasteiger partial charge in [-0.3, -0.25) is 4.90 Å². The number of aromatic hydroxyl groups is 1. The molecular weight excluding hydrogens is 230 g/mol. The number of rotatable bonds is 2. The molecule has 1 aliphatic rings. The van der Waals surface area contributed by atoms with Crippen LogP contribution in [0.2, 0.25) is 0 Å². The Labute approximate surface area is 108 Å². The maximum absolute atomic E-state index is 10.0. The lowest BCUT2D eigenvalue weighted by Gasteiger charge is -2.22. The molecule has 94 valence electrons. The van der Waals surface area contributed by atoms with Crippen LogP contribution < -0.4 is 0 Å². The first-order chi connectivity index (χ1) is 7.93. The van der Waals surface area contributed by atoms with Crippen LogP contribution in [0.3, 0.4) is 0 Å². The normalized spacial score (nSPS) is 24.1. The van der Waals surface area contributed by atoms with Gasteiger partial charge >= 0.3 is 0 Å². The van der Waals surface area contributed by atoms with Crippen molar-refractivity contribution in [3.63, 3.8) is 0 Å². The third-order valence-corrected chi connectivity index (χ3v) is 4.74. The van der Waals surface area contributed by atoms with E-state index < -0.39 is 0 Å². The van der Waals surface area contributed by atoms with Crippen LogP contribution in [0, 0.1) is 6.92 Å². The molecule has 1 aromatic rings. The molecule has 0 radical (unpaired) electrons. The Morgan fingerprint density at radius 1 is 1.47 bits per heavy atom. The van der Waals surface area contributed by atoms with Gasteiger partial charge in [0.25, 0.3) is 0 Å². The first-order valence-corrected chi connectivity index (χ1v) is 7.02. The van der Waals surface area contributed by atoms with E-state index in [9.17, 15) is 5.11 Å². The zero-order chi connectivity index (χ0) is 12.6. The number of nitrogens with zero attached hydrogens (tertiary/aromatic N) is 1. The molecule has 1 atom stereocenters. The molecule has 0 saturated carbocycles. The highest BCUT2D eigenvalue weighted by Crippen LogP contribution is 2.50. The highest BCUT2D eigenvalue weighted by molar-refractivity contribution is 8.01. The van der Waals surface area contributed by atoms with Crippen LogP contribution in [0.25, 0.3) is 0 Å². The average molecular weight is 251 g/mol. The van der Waals surface area contributed by atoms with Gasteiger partial charge in [-0.2, -0.15) is 0 Å². The van der Waals surface area contributed by atoms with E-state index in [2.05, 4.69) is 38.7 Å². The molecule has 1 unspecified atom stereocenters. The summed E-state index contributed by atoms with van der Waals surface area (Å²) in [4.78, 5) is 2.43. The smallest absolute Gasteiger partial charge is 0.121 e. The predicted octanol–water partition coefficient (Wildman–Crippen LogP) is 3.55. The molecule has 1 aromatic carbocycles. The van der Waals surface area contributed by atoms with E-state index in [0.29, 0.717) is 5.75 Å². The molecule has 2 rings (SSSR count). The van der Waals surface area contributed by atoms with Crippen molar-refractivity contribution in [2.75, 3.05) is 13.1 Å². The van der Waals surface area contributed by atoms with Gasteiger partial charge in [-0.05, 0) is 39.4 Å². The molecule has 0 spiro atoms. The van der Waals surface area contributed by atoms with Crippen LogP contribution in [0.1, 0.15) is 37.3 Å². The number of benzene rings is 1. The first-order valence-electron chi connectivity index (χ1n) is 6.14. The molecule has 0 aromatic heterocycles. The lowest BCUT2D eigenvalue weighted by Crippen LogP contribution is -2.27. The van der Waals surface area contributed by atoms with E-state index in [1.807, 2.05) is 23.9 Å². The summed E-state index contributed by atoms with van der Waals surface area (Å²) in [5.74, 6) is 0.421. The van der Waals surface area contributed by atoms with Gasteiger partial charge in [-0.15, -0.1) is 11.8 Å². The van der Waals surface area contributed by atoms with Crippen LogP contribution in [-0.4, -0.2) is 27.8 Å². The van der Waals surface area contributed by atoms with Gasteiger partial charge in [-0.1, -0.05) is 18.6 Å². The molecule has 1 saturated heterocycles. The summed E-state index contributed by atoms with van der Waals surface area (Å²) >= 11 is 1.94. The molecule has 1 N–H and O–H groups in total. The fourth-order valence-electron chi connectivity index (χ4n) is 2.40. The first kappa shape index (κ1) is 12.8. The Morgan fingerprint density at radius 3 is 2.82 bits per heavy atom. The number of hydrogen-bond acceptors (Lipinski definition) is 3. The quantitative estimate of drug-likeness (QED) is 0.869. The topological polar surface area (TPSA) is 23.5 Å². The van der Waals surface area contributed by atoms with Crippen molar-refractivity contribution in [3.8, 4) is 5.75 Å². The SMILES string of the molecule is CCN1CC(C)(C)SC1c1cc(C)ccc1O. The summed E-state index contributed by atoms with van der Waals surface area (Å²) in [5, 5.41) is 10.3. The Hall–Kier alpha value is -0.670. The van der Waals surface area contributed by atoms with E-state index in [4.69, 9.17) is 0 Å². The minimum atomic E-state index is 0.261. The lowest BCUT2D eigenvalue weighted by atomic mass is 10.1. The summed E-state index contributed by atoms with van der Waals surface area (Å²) in [6.45, 7) is 10.9. The Balaban J connectivity index is 2.35. The van der Waals surface area contributed by atoms with Crippen molar-refractivity contribution >= 4 is 11.8 Å². The van der Waals surface area contributed by atoms with E-state index in [1.54, 1.807) is 0 Å². The van der Waals surface area contributed by atoms with Crippen LogP contribution in [0.15, 0.2) is 18.2 Å². The predicted molar refractivity (Wildman–Crippen MR) is 74.5 cm³/mol. The second-order valence-electron chi connectivity index (χ2n) is 5.36. The molecule has 17 heavy (non-hydrogen) atoms. The molecule has 0 aliphatic carbocycles. The summed E-state index contributed by atoms with van der Waals surface area (Å²) in [5.41, 5.74) is 2.27. The number of hydrogen-bond donors (Lipinski definition) is 1. The van der Waals surface area contributed by atoms with Crippen LogP contribution >= 0.6 is 11.8 Å². The average Bonchev–Trinajstić information content (AvgIpc) is 2.57. The molecule has 1 fully saturated rings. The number of thioether (sulfide) groups is 1. The maximum Gasteiger partial charge on any atom is 0.121 e. The fraction of sp³-hybridized carbons (Fsp3) is 0.571. The highest BCUT2D eigenvalue weighted by Gasteiger charge is 2.39. The number of aryl methyl sites for hydroxylation is 1. The highest BCUT2D eigenvalue weighted by atomic mass is 32.2. The van der Waals surface area contributed by atoms with Gasteiger partial charge in [0.1, 0.15) is 5.75 Å². The Kier molecular flexibility index (Phi) is 3.41. The van der Waals surface area contributed by atoms with Crippen molar-refractivity contribution in [1.29, 1.82) is 0 Å². The molecule has 2 nitrogen and oxygen atoms in total. The van der Waals surface area contributed by atoms with Gasteiger partial charge in [0.05, 0.1) is 5.37 Å². The number of phenols is 1. The summed E-state index contributed by atoms with van der Waals surface area (Å²) < 4.78 is 0.261. The van der Waals surface area contributed by atoms with Gasteiger partial charge in [0.15, 0.2) is 0 Å². The van der Waals surface area contributed by atoms with Crippen molar-refractivity contribution in [2.24, 2.45) is 0 Å². The van der Waals surface area contributed by atoms with Crippen LogP contribution in [-0.2, 0) is 0 Å². The Bertz CT molecular complexity index is 417. The standard InChI is InChI=1S/C14H21NOS/c1-5-15-9-14(3,4)17-13(15)11-8-10(2)6-7-12(11)16/h6-8,13,16H,5,9H2,1-4H3. The van der Waals surface area contributed by atoms with Crippen LogP contribution in [0.4, 0.5) is 0 Å². The zero-order valence-corrected chi connectivity index (χ0v) is 11.8. The molecule has 1 heterocycles. The minimum Gasteiger partial charge on any atom is -0.508 e. The minimum absolute atomic E-state index is 0.261. The second-order valence-corrected chi connectivity index (χ2v) is 7.14.